The number of hydrogen-bond acceptors (Lipinski definition) is 2. The van der Waals surface area contributed by atoms with Gasteiger partial charge in [-0.05, 0) is 145 Å². The van der Waals surface area contributed by atoms with E-state index >= 15 is 0 Å². The van der Waals surface area contributed by atoms with E-state index in [0.29, 0.717) is 0 Å². The van der Waals surface area contributed by atoms with Gasteiger partial charge in [-0.25, -0.2) is 0 Å². The van der Waals surface area contributed by atoms with Crippen molar-refractivity contribution >= 4 is 141 Å². The van der Waals surface area contributed by atoms with Gasteiger partial charge in [0, 0.05) is 86.0 Å². The van der Waals surface area contributed by atoms with Crippen LogP contribution in [0.25, 0.3) is 163 Å². The number of para-hydroxylation sites is 5. The molecule has 0 bridgehead atoms. The Bertz CT molecular complexity index is 5520. The fraction of sp³-hybridized carbons (Fsp3) is 0. The van der Waals surface area contributed by atoms with Gasteiger partial charge in [0.05, 0.1) is 54.9 Å². The van der Waals surface area contributed by atoms with Crippen LogP contribution in [0.3, 0.4) is 0 Å². The molecule has 0 radical (unpaired) electrons. The predicted octanol–water partition coefficient (Wildman–Crippen LogP) is 20.0. The first-order valence-corrected chi connectivity index (χ1v) is 27.5. The number of furan rings is 1. The second-order valence-electron chi connectivity index (χ2n) is 20.8. The Hall–Kier alpha value is -10.1. The van der Waals surface area contributed by atoms with Crippen LogP contribution in [-0.2, 0) is 0 Å². The number of benzene rings is 12. The fourth-order valence-corrected chi connectivity index (χ4v) is 14.5. The molecule has 0 aliphatic heterocycles. The molecule has 0 amide bonds. The smallest absolute Gasteiger partial charge is 0.145 e. The third kappa shape index (κ3) is 5.73. The van der Waals surface area contributed by atoms with Crippen molar-refractivity contribution in [2.24, 2.45) is 0 Å². The van der Waals surface area contributed by atoms with Crippen LogP contribution in [0.1, 0.15) is 0 Å². The summed E-state index contributed by atoms with van der Waals surface area (Å²) in [4.78, 5) is 0. The lowest BCUT2D eigenvalue weighted by Crippen LogP contribution is -1.95. The van der Waals surface area contributed by atoms with Crippen molar-refractivity contribution in [2.45, 2.75) is 0 Å². The Kier molecular flexibility index (Phi) is 8.49. The zero-order valence-electron chi connectivity index (χ0n) is 41.9. The van der Waals surface area contributed by atoms with Crippen molar-refractivity contribution in [2.75, 3.05) is 0 Å². The lowest BCUT2D eigenvalue weighted by atomic mass is 10.00. The molecule has 0 fully saturated rings. The summed E-state index contributed by atoms with van der Waals surface area (Å²) in [6.45, 7) is 0. The number of rotatable bonds is 5. The maximum absolute atomic E-state index is 7.64. The van der Waals surface area contributed by atoms with Crippen molar-refractivity contribution < 1.29 is 4.42 Å². The van der Waals surface area contributed by atoms with Crippen LogP contribution in [0, 0.1) is 0 Å². The lowest BCUT2D eigenvalue weighted by Gasteiger charge is -2.10. The summed E-state index contributed by atoms with van der Waals surface area (Å²) in [5.41, 5.74) is 17.8. The largest absolute Gasteiger partial charge is 0.455 e. The monoisotopic (exact) mass is 1010 g/mol. The number of thiophene rings is 1. The van der Waals surface area contributed by atoms with Crippen molar-refractivity contribution in [3.05, 3.63) is 255 Å². The average Bonchev–Trinajstić information content (AvgIpc) is 4.43. The van der Waals surface area contributed by atoms with E-state index in [4.69, 9.17) is 4.42 Å². The molecule has 12 aromatic carbocycles. The molecule has 0 aliphatic rings. The number of fused-ring (bicyclic) bond motifs is 20. The molecule has 78 heavy (non-hydrogen) atoms. The van der Waals surface area contributed by atoms with E-state index < -0.39 is 0 Å². The summed E-state index contributed by atoms with van der Waals surface area (Å²) in [5.74, 6) is 0. The number of nitrogens with zero attached hydrogens (tertiary/aromatic N) is 4. The van der Waals surface area contributed by atoms with Gasteiger partial charge >= 0.3 is 0 Å². The first-order chi connectivity index (χ1) is 38.7. The first-order valence-electron chi connectivity index (χ1n) is 26.7. The highest BCUT2D eigenvalue weighted by Gasteiger charge is 2.25. The zero-order valence-corrected chi connectivity index (χ0v) is 42.7. The van der Waals surface area contributed by atoms with Gasteiger partial charge in [-0.1, -0.05) is 121 Å². The van der Waals surface area contributed by atoms with E-state index in [2.05, 4.69) is 273 Å². The van der Waals surface area contributed by atoms with Gasteiger partial charge in [-0.3, -0.25) is 0 Å². The summed E-state index contributed by atoms with van der Waals surface area (Å²) < 4.78 is 19.9. The Labute approximate surface area is 449 Å². The molecule has 5 nitrogen and oxygen atoms in total. The van der Waals surface area contributed by atoms with Gasteiger partial charge in [0.25, 0.3) is 0 Å². The van der Waals surface area contributed by atoms with Crippen LogP contribution >= 0.6 is 11.3 Å². The van der Waals surface area contributed by atoms with E-state index in [-0.39, 0.29) is 0 Å². The molecule has 0 unspecified atom stereocenters. The molecule has 6 heterocycles. The van der Waals surface area contributed by atoms with Gasteiger partial charge in [-0.2, -0.15) is 0 Å². The molecular weight excluding hydrogens is 969 g/mol. The van der Waals surface area contributed by atoms with Gasteiger partial charge < -0.3 is 22.7 Å². The molecule has 0 saturated heterocycles. The number of hydrogen-bond donors (Lipinski definition) is 0. The topological polar surface area (TPSA) is 32.9 Å². The standard InChI is InChI=1S/C72H42N4OS/c1-3-15-45(16-4-1)73-61-25-13-9-21-51(61)55-39-43(27-33-62(55)73)44-28-34-63-57(40-44)69-66(76(63)48-30-38-68-56(41-48)52-22-10-14-26-67(52)78-68)37-32-53-54-31-36-65-70(72(54)77-71(53)69)58-42-47(29-35-64(58)74(65)46-17-5-2-6-18-46)75-59-23-11-7-19-49(59)50-20-8-12-24-60(50)75/h1-42H. The summed E-state index contributed by atoms with van der Waals surface area (Å²) >= 11 is 1.85. The number of aromatic nitrogens is 4. The minimum Gasteiger partial charge on any atom is -0.455 e. The van der Waals surface area contributed by atoms with E-state index in [9.17, 15) is 0 Å². The highest BCUT2D eigenvalue weighted by Crippen LogP contribution is 2.47. The van der Waals surface area contributed by atoms with Crippen molar-refractivity contribution in [3.63, 3.8) is 0 Å². The Morgan fingerprint density at radius 1 is 0.231 bits per heavy atom. The van der Waals surface area contributed by atoms with E-state index in [1.165, 1.54) is 69.3 Å². The molecule has 0 N–H and O–H groups in total. The molecule has 6 aromatic heterocycles. The normalized spacial score (nSPS) is 12.4. The Morgan fingerprint density at radius 2 is 0.615 bits per heavy atom. The minimum absolute atomic E-state index is 0.887. The van der Waals surface area contributed by atoms with Crippen LogP contribution in [0.4, 0.5) is 0 Å². The summed E-state index contributed by atoms with van der Waals surface area (Å²) in [6.07, 6.45) is 0. The quantitative estimate of drug-likeness (QED) is 0.169. The molecular formula is C72H42N4OS. The molecule has 0 saturated carbocycles. The summed E-state index contributed by atoms with van der Waals surface area (Å²) in [7, 11) is 0. The average molecular weight is 1010 g/mol. The van der Waals surface area contributed by atoms with E-state index in [0.717, 1.165) is 93.9 Å². The molecule has 0 spiro atoms. The van der Waals surface area contributed by atoms with Crippen LogP contribution in [0.5, 0.6) is 0 Å². The highest BCUT2D eigenvalue weighted by molar-refractivity contribution is 7.25. The third-order valence-electron chi connectivity index (χ3n) is 16.7. The maximum atomic E-state index is 7.64. The highest BCUT2D eigenvalue weighted by atomic mass is 32.1. The second-order valence-corrected chi connectivity index (χ2v) is 21.9. The van der Waals surface area contributed by atoms with Crippen LogP contribution in [0.2, 0.25) is 0 Å². The molecule has 18 rings (SSSR count). The molecule has 0 atom stereocenters. The predicted molar refractivity (Wildman–Crippen MR) is 329 cm³/mol. The molecule has 362 valence electrons. The van der Waals surface area contributed by atoms with Crippen molar-refractivity contribution in [3.8, 4) is 33.9 Å². The molecule has 0 aliphatic carbocycles. The maximum Gasteiger partial charge on any atom is 0.145 e. The summed E-state index contributed by atoms with van der Waals surface area (Å²) in [5, 5.41) is 14.2. The van der Waals surface area contributed by atoms with Gasteiger partial charge in [-0.15, -0.1) is 11.3 Å². The fourth-order valence-electron chi connectivity index (χ4n) is 13.4. The van der Waals surface area contributed by atoms with Gasteiger partial charge in [0.15, 0.2) is 0 Å². The van der Waals surface area contributed by atoms with Gasteiger partial charge in [0.1, 0.15) is 11.2 Å². The van der Waals surface area contributed by atoms with E-state index in [1.807, 2.05) is 11.3 Å². The first kappa shape index (κ1) is 42.1. The van der Waals surface area contributed by atoms with Gasteiger partial charge in [0.2, 0.25) is 0 Å². The minimum atomic E-state index is 0.887. The molecule has 18 aromatic rings. The lowest BCUT2D eigenvalue weighted by molar-refractivity contribution is 0.677. The van der Waals surface area contributed by atoms with Crippen LogP contribution in [0.15, 0.2) is 259 Å². The summed E-state index contributed by atoms with van der Waals surface area (Å²) in [6, 6.07) is 93.6. The zero-order chi connectivity index (χ0) is 50.7. The second kappa shape index (κ2) is 15.7. The Morgan fingerprint density at radius 3 is 1.22 bits per heavy atom. The van der Waals surface area contributed by atoms with Crippen molar-refractivity contribution in [1.82, 2.24) is 18.3 Å². The van der Waals surface area contributed by atoms with E-state index in [1.54, 1.807) is 0 Å². The van der Waals surface area contributed by atoms with Crippen LogP contribution in [-0.4, -0.2) is 18.3 Å². The third-order valence-corrected chi connectivity index (χ3v) is 17.9. The van der Waals surface area contributed by atoms with Crippen LogP contribution < -0.4 is 0 Å². The Balaban J connectivity index is 0.925. The molecule has 6 heteroatoms. The SMILES string of the molecule is c1ccc(-n2c3ccccc3c3cc(-c4ccc5c(c4)c4c6oc7c(ccc8c7c7cc(-n9c%10ccccc%10c%10ccccc%109)ccc7n8-c7ccccc7)c6ccc4n5-c4ccc5sc6ccccc6c5c4)ccc32)cc1. The van der Waals surface area contributed by atoms with Crippen molar-refractivity contribution in [1.29, 1.82) is 0 Å².